The molecule has 0 unspecified atom stereocenters. The first-order chi connectivity index (χ1) is 12.6. The Labute approximate surface area is 151 Å². The van der Waals surface area contributed by atoms with Crippen molar-refractivity contribution in [1.29, 1.82) is 0 Å². The van der Waals surface area contributed by atoms with Gasteiger partial charge in [0.1, 0.15) is 5.75 Å². The van der Waals surface area contributed by atoms with Gasteiger partial charge in [-0.05, 0) is 31.2 Å². The van der Waals surface area contributed by atoms with Gasteiger partial charge in [-0.25, -0.2) is 4.79 Å². The largest absolute Gasteiger partial charge is 0.497 e. The highest BCUT2D eigenvalue weighted by Crippen LogP contribution is 2.20. The van der Waals surface area contributed by atoms with Crippen molar-refractivity contribution in [3.8, 4) is 5.75 Å². The number of esters is 1. The summed E-state index contributed by atoms with van der Waals surface area (Å²) in [7, 11) is 1.63. The Balaban J connectivity index is 1.46. The van der Waals surface area contributed by atoms with Crippen LogP contribution in [0.25, 0.3) is 0 Å². The number of benzene rings is 1. The van der Waals surface area contributed by atoms with Crippen LogP contribution in [0, 0.1) is 6.92 Å². The van der Waals surface area contributed by atoms with Crippen molar-refractivity contribution >= 4 is 17.6 Å². The number of carbonyl (C=O) groups excluding carboxylic acids is 2. The van der Waals surface area contributed by atoms with Gasteiger partial charge in [0.2, 0.25) is 5.76 Å². The summed E-state index contributed by atoms with van der Waals surface area (Å²) in [5.74, 6) is -0.0919. The number of nitrogens with zero attached hydrogens (tertiary/aromatic N) is 3. The lowest BCUT2D eigenvalue weighted by molar-refractivity contribution is -0.134. The van der Waals surface area contributed by atoms with Crippen molar-refractivity contribution in [3.63, 3.8) is 0 Å². The normalized spacial score (nSPS) is 14.2. The zero-order valence-corrected chi connectivity index (χ0v) is 14.8. The molecular weight excluding hydrogens is 338 g/mol. The van der Waals surface area contributed by atoms with Gasteiger partial charge >= 0.3 is 5.97 Å². The molecule has 8 nitrogen and oxygen atoms in total. The summed E-state index contributed by atoms with van der Waals surface area (Å²) >= 11 is 0. The van der Waals surface area contributed by atoms with E-state index in [1.165, 1.54) is 6.07 Å². The monoisotopic (exact) mass is 359 g/mol. The third kappa shape index (κ3) is 4.14. The molecule has 1 fully saturated rings. The highest BCUT2D eigenvalue weighted by atomic mass is 16.6. The van der Waals surface area contributed by atoms with Crippen LogP contribution in [0.2, 0.25) is 0 Å². The third-order valence-corrected chi connectivity index (χ3v) is 4.23. The molecule has 0 spiro atoms. The van der Waals surface area contributed by atoms with Crippen molar-refractivity contribution in [1.82, 2.24) is 10.1 Å². The van der Waals surface area contributed by atoms with Crippen LogP contribution in [0.5, 0.6) is 5.75 Å². The number of rotatable bonds is 5. The number of hydrogen-bond donors (Lipinski definition) is 0. The number of carbonyl (C=O) groups is 2. The van der Waals surface area contributed by atoms with Crippen LogP contribution >= 0.6 is 0 Å². The summed E-state index contributed by atoms with van der Waals surface area (Å²) in [4.78, 5) is 27.9. The van der Waals surface area contributed by atoms with Gasteiger partial charge in [-0.15, -0.1) is 0 Å². The van der Waals surface area contributed by atoms with Gasteiger partial charge in [-0.1, -0.05) is 5.16 Å². The molecule has 1 aliphatic heterocycles. The van der Waals surface area contributed by atoms with Crippen LogP contribution < -0.4 is 9.64 Å². The fourth-order valence-corrected chi connectivity index (χ4v) is 2.76. The minimum absolute atomic E-state index is 0.000347. The Bertz CT molecular complexity index is 763. The lowest BCUT2D eigenvalue weighted by Crippen LogP contribution is -2.49. The maximum atomic E-state index is 12.2. The molecular formula is C18H21N3O5. The van der Waals surface area contributed by atoms with Gasteiger partial charge in [0, 0.05) is 37.9 Å². The van der Waals surface area contributed by atoms with E-state index in [0.29, 0.717) is 31.9 Å². The van der Waals surface area contributed by atoms with Crippen LogP contribution in [-0.2, 0) is 9.53 Å². The Hall–Kier alpha value is -3.03. The van der Waals surface area contributed by atoms with Crippen molar-refractivity contribution in [2.75, 3.05) is 44.8 Å². The van der Waals surface area contributed by atoms with E-state index in [9.17, 15) is 9.59 Å². The van der Waals surface area contributed by atoms with Gasteiger partial charge in [0.25, 0.3) is 5.91 Å². The summed E-state index contributed by atoms with van der Waals surface area (Å²) in [5, 5.41) is 3.62. The molecule has 1 amide bonds. The lowest BCUT2D eigenvalue weighted by atomic mass is 10.2. The van der Waals surface area contributed by atoms with Gasteiger partial charge in [0.15, 0.2) is 6.61 Å². The van der Waals surface area contributed by atoms with Crippen LogP contribution in [0.15, 0.2) is 34.9 Å². The summed E-state index contributed by atoms with van der Waals surface area (Å²) in [6, 6.07) is 9.30. The number of hydrogen-bond acceptors (Lipinski definition) is 7. The molecule has 3 rings (SSSR count). The summed E-state index contributed by atoms with van der Waals surface area (Å²) in [6.07, 6.45) is 0. The standard InChI is InChI=1S/C18H21N3O5/c1-13-11-16(26-19-13)18(23)25-12-17(22)21-9-7-20(8-10-21)14-3-5-15(24-2)6-4-14/h3-6,11H,7-10,12H2,1-2H3. The Morgan fingerprint density at radius 3 is 2.42 bits per heavy atom. The summed E-state index contributed by atoms with van der Waals surface area (Å²) in [6.45, 7) is 3.98. The van der Waals surface area contributed by atoms with E-state index >= 15 is 0 Å². The number of ether oxygens (including phenoxy) is 2. The predicted molar refractivity (Wildman–Crippen MR) is 93.3 cm³/mol. The SMILES string of the molecule is COc1ccc(N2CCN(C(=O)COC(=O)c3cc(C)no3)CC2)cc1. The van der Waals surface area contributed by atoms with Crippen molar-refractivity contribution in [2.45, 2.75) is 6.92 Å². The lowest BCUT2D eigenvalue weighted by Gasteiger charge is -2.36. The second kappa shape index (κ2) is 7.90. The van der Waals surface area contributed by atoms with Crippen molar-refractivity contribution < 1.29 is 23.6 Å². The molecule has 1 aromatic carbocycles. The highest BCUT2D eigenvalue weighted by Gasteiger charge is 2.23. The van der Waals surface area contributed by atoms with E-state index < -0.39 is 5.97 Å². The first-order valence-corrected chi connectivity index (χ1v) is 8.34. The second-order valence-corrected chi connectivity index (χ2v) is 5.97. The molecule has 26 heavy (non-hydrogen) atoms. The number of methoxy groups -OCH3 is 1. The zero-order chi connectivity index (χ0) is 18.5. The fourth-order valence-electron chi connectivity index (χ4n) is 2.76. The molecule has 2 aromatic rings. The van der Waals surface area contributed by atoms with Crippen LogP contribution in [-0.4, -0.2) is 61.8 Å². The molecule has 1 saturated heterocycles. The molecule has 0 aliphatic carbocycles. The van der Waals surface area contributed by atoms with Crippen molar-refractivity contribution in [3.05, 3.63) is 41.8 Å². The van der Waals surface area contributed by atoms with Crippen LogP contribution in [0.1, 0.15) is 16.2 Å². The molecule has 0 bridgehead atoms. The van der Waals surface area contributed by atoms with E-state index in [-0.39, 0.29) is 18.3 Å². The predicted octanol–water partition coefficient (Wildman–Crippen LogP) is 1.50. The molecule has 0 atom stereocenters. The quantitative estimate of drug-likeness (QED) is 0.748. The molecule has 0 saturated carbocycles. The molecule has 1 aliphatic rings. The van der Waals surface area contributed by atoms with E-state index in [4.69, 9.17) is 14.0 Å². The van der Waals surface area contributed by atoms with Crippen LogP contribution in [0.3, 0.4) is 0 Å². The first-order valence-electron chi connectivity index (χ1n) is 8.34. The Kier molecular flexibility index (Phi) is 5.40. The maximum Gasteiger partial charge on any atom is 0.377 e. The average molecular weight is 359 g/mol. The van der Waals surface area contributed by atoms with E-state index in [1.54, 1.807) is 18.9 Å². The fraction of sp³-hybridized carbons (Fsp3) is 0.389. The Morgan fingerprint density at radius 1 is 1.15 bits per heavy atom. The molecule has 8 heteroatoms. The van der Waals surface area contributed by atoms with Gasteiger partial charge < -0.3 is 23.8 Å². The molecule has 0 radical (unpaired) electrons. The molecule has 138 valence electrons. The number of aromatic nitrogens is 1. The molecule has 1 aromatic heterocycles. The second-order valence-electron chi connectivity index (χ2n) is 5.97. The summed E-state index contributed by atoms with van der Waals surface area (Å²) in [5.41, 5.74) is 1.67. The number of anilines is 1. The van der Waals surface area contributed by atoms with Crippen molar-refractivity contribution in [2.24, 2.45) is 0 Å². The maximum absolute atomic E-state index is 12.2. The zero-order valence-electron chi connectivity index (χ0n) is 14.8. The smallest absolute Gasteiger partial charge is 0.377 e. The highest BCUT2D eigenvalue weighted by molar-refractivity contribution is 5.88. The van der Waals surface area contributed by atoms with E-state index in [0.717, 1.165) is 11.4 Å². The topological polar surface area (TPSA) is 85.1 Å². The Morgan fingerprint density at radius 2 is 1.85 bits per heavy atom. The van der Waals surface area contributed by atoms with Gasteiger partial charge in [0.05, 0.1) is 12.8 Å². The van der Waals surface area contributed by atoms with Crippen LogP contribution in [0.4, 0.5) is 5.69 Å². The van der Waals surface area contributed by atoms with E-state index in [2.05, 4.69) is 10.1 Å². The molecule has 0 N–H and O–H groups in total. The minimum Gasteiger partial charge on any atom is -0.497 e. The van der Waals surface area contributed by atoms with E-state index in [1.807, 2.05) is 24.3 Å². The molecule has 2 heterocycles. The van der Waals surface area contributed by atoms with Gasteiger partial charge in [-0.2, -0.15) is 0 Å². The average Bonchev–Trinajstić information content (AvgIpc) is 3.12. The van der Waals surface area contributed by atoms with Gasteiger partial charge in [-0.3, -0.25) is 4.79 Å². The first kappa shape index (κ1) is 17.8. The number of aryl methyl sites for hydroxylation is 1. The number of piperazine rings is 1. The minimum atomic E-state index is -0.684. The number of amides is 1. The third-order valence-electron chi connectivity index (χ3n) is 4.23. The summed E-state index contributed by atoms with van der Waals surface area (Å²) < 4.78 is 15.0.